The topological polar surface area (TPSA) is 26.3 Å². The average Bonchev–Trinajstić information content (AvgIpc) is 2.45. The van der Waals surface area contributed by atoms with Crippen LogP contribution in [0.5, 0.6) is 0 Å². The van der Waals surface area contributed by atoms with Crippen LogP contribution in [-0.2, 0) is 4.74 Å². The highest BCUT2D eigenvalue weighted by Gasteiger charge is 2.55. The Bertz CT molecular complexity index is 585. The van der Waals surface area contributed by atoms with Gasteiger partial charge in [-0.25, -0.2) is 4.79 Å². The SMILES string of the molecule is O=C(OCCCCC(I)=CC(F)(F)C(F)(F)F)c1ccc(Br)cc1. The number of halogens is 7. The molecule has 0 amide bonds. The lowest BCUT2D eigenvalue weighted by molar-refractivity contribution is -0.259. The van der Waals surface area contributed by atoms with Gasteiger partial charge in [0, 0.05) is 10.5 Å². The molecule has 0 heterocycles. The lowest BCUT2D eigenvalue weighted by atomic mass is 10.2. The van der Waals surface area contributed by atoms with Gasteiger partial charge in [0.25, 0.3) is 0 Å². The number of allylic oxidation sites excluding steroid dienone is 2. The zero-order valence-corrected chi connectivity index (χ0v) is 15.9. The third kappa shape index (κ3) is 7.04. The molecular formula is C15H13BrF5IO2. The molecule has 0 aliphatic rings. The minimum Gasteiger partial charge on any atom is -0.462 e. The number of hydrogen-bond acceptors (Lipinski definition) is 2. The summed E-state index contributed by atoms with van der Waals surface area (Å²) < 4.78 is 67.5. The summed E-state index contributed by atoms with van der Waals surface area (Å²) in [6.07, 6.45) is -4.93. The summed E-state index contributed by atoms with van der Waals surface area (Å²) in [5, 5.41) is 0. The predicted octanol–water partition coefficient (Wildman–Crippen LogP) is 6.29. The number of benzene rings is 1. The van der Waals surface area contributed by atoms with Gasteiger partial charge in [0.1, 0.15) is 0 Å². The van der Waals surface area contributed by atoms with Gasteiger partial charge in [-0.3, -0.25) is 0 Å². The molecule has 1 aromatic rings. The Morgan fingerprint density at radius 3 is 2.25 bits per heavy atom. The van der Waals surface area contributed by atoms with E-state index in [-0.39, 0.29) is 22.7 Å². The van der Waals surface area contributed by atoms with Gasteiger partial charge in [0.2, 0.25) is 0 Å². The third-order valence-electron chi connectivity index (χ3n) is 2.84. The lowest BCUT2D eigenvalue weighted by Gasteiger charge is -2.16. The van der Waals surface area contributed by atoms with Crippen LogP contribution in [0.1, 0.15) is 29.6 Å². The van der Waals surface area contributed by atoms with Gasteiger partial charge in [-0.15, -0.1) is 0 Å². The van der Waals surface area contributed by atoms with Crippen molar-refractivity contribution >= 4 is 44.5 Å². The van der Waals surface area contributed by atoms with Crippen LogP contribution in [0.15, 0.2) is 38.4 Å². The zero-order chi connectivity index (χ0) is 18.4. The minimum absolute atomic E-state index is 0.0576. The van der Waals surface area contributed by atoms with Gasteiger partial charge >= 0.3 is 18.1 Å². The molecule has 1 rings (SSSR count). The van der Waals surface area contributed by atoms with Gasteiger partial charge in [-0.2, -0.15) is 22.0 Å². The van der Waals surface area contributed by atoms with Crippen molar-refractivity contribution in [2.45, 2.75) is 31.4 Å². The molecule has 134 valence electrons. The van der Waals surface area contributed by atoms with Gasteiger partial charge in [-0.05, 0) is 69.7 Å². The van der Waals surface area contributed by atoms with E-state index in [0.29, 0.717) is 18.4 Å². The molecule has 1 aromatic carbocycles. The van der Waals surface area contributed by atoms with E-state index >= 15 is 0 Å². The Balaban J connectivity index is 2.33. The molecular weight excluding hydrogens is 514 g/mol. The number of unbranched alkanes of at least 4 members (excludes halogenated alkanes) is 1. The maximum atomic E-state index is 12.8. The number of carbonyl (C=O) groups excluding carboxylic acids is 1. The fraction of sp³-hybridized carbons (Fsp3) is 0.400. The maximum absolute atomic E-state index is 12.8. The second-order valence-electron chi connectivity index (χ2n) is 4.81. The molecule has 0 spiro atoms. The monoisotopic (exact) mass is 526 g/mol. The Labute approximate surface area is 157 Å². The zero-order valence-electron chi connectivity index (χ0n) is 12.2. The average molecular weight is 527 g/mol. The van der Waals surface area contributed by atoms with Crippen LogP contribution in [0.25, 0.3) is 0 Å². The Hall–Kier alpha value is -0.710. The molecule has 0 saturated heterocycles. The van der Waals surface area contributed by atoms with Crippen LogP contribution in [0.4, 0.5) is 22.0 Å². The smallest absolute Gasteiger partial charge is 0.457 e. The number of alkyl halides is 5. The highest BCUT2D eigenvalue weighted by Crippen LogP contribution is 2.38. The summed E-state index contributed by atoms with van der Waals surface area (Å²) in [4.78, 5) is 11.7. The Morgan fingerprint density at radius 1 is 1.12 bits per heavy atom. The summed E-state index contributed by atoms with van der Waals surface area (Å²) in [5.74, 6) is -5.35. The number of esters is 1. The van der Waals surface area contributed by atoms with E-state index < -0.39 is 18.1 Å². The van der Waals surface area contributed by atoms with Crippen molar-refractivity contribution in [3.63, 3.8) is 0 Å². The normalized spacial score (nSPS) is 13.0. The van der Waals surface area contributed by atoms with Crippen molar-refractivity contribution < 1.29 is 31.5 Å². The van der Waals surface area contributed by atoms with E-state index in [4.69, 9.17) is 4.74 Å². The van der Waals surface area contributed by atoms with Crippen LogP contribution in [0.2, 0.25) is 0 Å². The lowest BCUT2D eigenvalue weighted by Crippen LogP contribution is -2.34. The van der Waals surface area contributed by atoms with Crippen molar-refractivity contribution in [2.24, 2.45) is 0 Å². The summed E-state index contributed by atoms with van der Waals surface area (Å²) in [5.41, 5.74) is 0.373. The highest BCUT2D eigenvalue weighted by molar-refractivity contribution is 14.1. The number of carbonyl (C=O) groups is 1. The van der Waals surface area contributed by atoms with E-state index in [9.17, 15) is 26.7 Å². The van der Waals surface area contributed by atoms with Crippen LogP contribution in [-0.4, -0.2) is 24.7 Å². The molecule has 0 atom stereocenters. The first-order valence-corrected chi connectivity index (χ1v) is 8.64. The molecule has 0 radical (unpaired) electrons. The van der Waals surface area contributed by atoms with E-state index in [0.717, 1.165) is 4.47 Å². The number of hydrogen-bond donors (Lipinski definition) is 0. The molecule has 0 fully saturated rings. The van der Waals surface area contributed by atoms with Crippen LogP contribution < -0.4 is 0 Å². The molecule has 0 aromatic heterocycles. The fourth-order valence-electron chi connectivity index (χ4n) is 1.58. The third-order valence-corrected chi connectivity index (χ3v) is 4.22. The molecule has 0 unspecified atom stereocenters. The van der Waals surface area contributed by atoms with E-state index in [2.05, 4.69) is 15.9 Å². The first-order chi connectivity index (χ1) is 11.0. The second-order valence-corrected chi connectivity index (χ2v) is 7.11. The van der Waals surface area contributed by atoms with Crippen molar-refractivity contribution in [3.05, 3.63) is 44.0 Å². The Kier molecular flexibility index (Phi) is 8.10. The van der Waals surface area contributed by atoms with E-state index in [1.807, 2.05) is 0 Å². The molecule has 0 aliphatic heterocycles. The van der Waals surface area contributed by atoms with Crippen molar-refractivity contribution in [1.29, 1.82) is 0 Å². The quantitative estimate of drug-likeness (QED) is 0.180. The standard InChI is InChI=1S/C15H13BrF5IO2/c16-11-6-4-10(5-7-11)13(23)24-8-2-1-3-12(22)9-14(17,18)15(19,20)21/h4-7,9H,1-3,8H2. The van der Waals surface area contributed by atoms with Crippen LogP contribution in [0, 0.1) is 0 Å². The van der Waals surface area contributed by atoms with Crippen LogP contribution >= 0.6 is 38.5 Å². The number of ether oxygens (including phenoxy) is 1. The second kappa shape index (κ2) is 9.12. The van der Waals surface area contributed by atoms with Gasteiger partial charge < -0.3 is 4.74 Å². The van der Waals surface area contributed by atoms with Gasteiger partial charge in [0.15, 0.2) is 0 Å². The van der Waals surface area contributed by atoms with Gasteiger partial charge in [0.05, 0.1) is 12.2 Å². The molecule has 0 N–H and O–H groups in total. The fourth-order valence-corrected chi connectivity index (χ4v) is 2.62. The van der Waals surface area contributed by atoms with E-state index in [1.54, 1.807) is 24.3 Å². The summed E-state index contributed by atoms with van der Waals surface area (Å²) >= 11 is 4.69. The first kappa shape index (κ1) is 21.3. The molecule has 2 nitrogen and oxygen atoms in total. The molecule has 0 bridgehead atoms. The summed E-state index contributed by atoms with van der Waals surface area (Å²) in [7, 11) is 0. The highest BCUT2D eigenvalue weighted by atomic mass is 127. The van der Waals surface area contributed by atoms with Crippen molar-refractivity contribution in [1.82, 2.24) is 0 Å². The molecule has 0 saturated carbocycles. The van der Waals surface area contributed by atoms with Gasteiger partial charge in [-0.1, -0.05) is 15.9 Å². The predicted molar refractivity (Wildman–Crippen MR) is 91.4 cm³/mol. The number of rotatable bonds is 7. The Morgan fingerprint density at radius 2 is 1.71 bits per heavy atom. The molecule has 9 heteroatoms. The maximum Gasteiger partial charge on any atom is 0.457 e. The largest absolute Gasteiger partial charge is 0.462 e. The molecule has 0 aliphatic carbocycles. The summed E-state index contributed by atoms with van der Waals surface area (Å²) in [6, 6.07) is 6.53. The van der Waals surface area contributed by atoms with Crippen molar-refractivity contribution in [3.8, 4) is 0 Å². The first-order valence-electron chi connectivity index (χ1n) is 6.77. The minimum atomic E-state index is -5.59. The summed E-state index contributed by atoms with van der Waals surface area (Å²) in [6.45, 7) is 0.0640. The van der Waals surface area contributed by atoms with Crippen LogP contribution in [0.3, 0.4) is 0 Å². The van der Waals surface area contributed by atoms with Crippen molar-refractivity contribution in [2.75, 3.05) is 6.61 Å². The molecule has 24 heavy (non-hydrogen) atoms. The van der Waals surface area contributed by atoms with E-state index in [1.165, 1.54) is 22.6 Å².